The van der Waals surface area contributed by atoms with Crippen LogP contribution in [-0.2, 0) is 15.9 Å². The Morgan fingerprint density at radius 1 is 1.03 bits per heavy atom. The third kappa shape index (κ3) is 8.75. The number of carbonyl (C=O) groups is 1. The van der Waals surface area contributed by atoms with Crippen LogP contribution in [0.2, 0.25) is 10.0 Å². The summed E-state index contributed by atoms with van der Waals surface area (Å²) < 4.78 is 16.7. The van der Waals surface area contributed by atoms with E-state index in [0.717, 1.165) is 81.1 Å². The predicted molar refractivity (Wildman–Crippen MR) is 158 cm³/mol. The highest BCUT2D eigenvalue weighted by Crippen LogP contribution is 2.33. The number of aliphatic imine (C=N–C) groups is 1. The molecule has 0 aromatic heterocycles. The summed E-state index contributed by atoms with van der Waals surface area (Å²) in [5, 5.41) is 1.23. The fourth-order valence-electron chi connectivity index (χ4n) is 5.03. The number of piperazine rings is 1. The maximum Gasteiger partial charge on any atom is 0.515 e. The van der Waals surface area contributed by atoms with Crippen LogP contribution in [0.25, 0.3) is 0 Å². The van der Waals surface area contributed by atoms with Gasteiger partial charge in [-0.3, -0.25) is 4.90 Å². The average molecular weight is 577 g/mol. The van der Waals surface area contributed by atoms with Crippen LogP contribution in [-0.4, -0.2) is 62.4 Å². The van der Waals surface area contributed by atoms with Gasteiger partial charge < -0.3 is 19.1 Å². The molecule has 2 heterocycles. The lowest BCUT2D eigenvalue weighted by atomic mass is 10.0. The van der Waals surface area contributed by atoms with E-state index in [1.54, 1.807) is 0 Å². The van der Waals surface area contributed by atoms with Crippen LogP contribution >= 0.6 is 23.2 Å². The van der Waals surface area contributed by atoms with Crippen LogP contribution in [0.5, 0.6) is 5.75 Å². The fraction of sp³-hybridized carbons (Fsp3) is 0.533. The molecular formula is C30H39Cl2N3O4. The number of nitrogens with zero attached hydrogens (tertiary/aromatic N) is 3. The number of hydrogen-bond acceptors (Lipinski definition) is 7. The van der Waals surface area contributed by atoms with E-state index in [0.29, 0.717) is 34.9 Å². The highest BCUT2D eigenvalue weighted by atomic mass is 35.5. The largest absolute Gasteiger partial charge is 0.515 e. The lowest BCUT2D eigenvalue weighted by molar-refractivity contribution is 0.0536. The topological polar surface area (TPSA) is 63.6 Å². The molecule has 4 rings (SSSR count). The third-order valence-corrected chi connectivity index (χ3v) is 7.80. The maximum atomic E-state index is 12.1. The first-order valence-electron chi connectivity index (χ1n) is 13.9. The summed E-state index contributed by atoms with van der Waals surface area (Å²) in [6.07, 6.45) is 3.28. The van der Waals surface area contributed by atoms with Gasteiger partial charge in [0.15, 0.2) is 0 Å². The normalized spacial score (nSPS) is 16.5. The Labute approximate surface area is 242 Å². The molecule has 1 fully saturated rings. The quantitative estimate of drug-likeness (QED) is 0.215. The van der Waals surface area contributed by atoms with Crippen molar-refractivity contribution in [2.45, 2.75) is 59.0 Å². The van der Waals surface area contributed by atoms with Gasteiger partial charge >= 0.3 is 6.16 Å². The fourth-order valence-corrected chi connectivity index (χ4v) is 5.44. The lowest BCUT2D eigenvalue weighted by Gasteiger charge is -2.36. The monoisotopic (exact) mass is 575 g/mol. The van der Waals surface area contributed by atoms with Crippen LogP contribution in [0.4, 0.5) is 16.2 Å². The van der Waals surface area contributed by atoms with Crippen molar-refractivity contribution in [3.8, 4) is 5.75 Å². The number of ether oxygens (including phenoxy) is 3. The number of unbranched alkanes of at least 4 members (excludes halogenated alkanes) is 1. The van der Waals surface area contributed by atoms with E-state index < -0.39 is 6.16 Å². The van der Waals surface area contributed by atoms with E-state index in [4.69, 9.17) is 37.4 Å². The molecular weight excluding hydrogens is 537 g/mol. The van der Waals surface area contributed by atoms with Gasteiger partial charge in [0.2, 0.25) is 5.90 Å². The zero-order valence-electron chi connectivity index (χ0n) is 23.1. The Kier molecular flexibility index (Phi) is 10.8. The van der Waals surface area contributed by atoms with Crippen LogP contribution in [0.15, 0.2) is 41.4 Å². The molecule has 2 aromatic rings. The SMILES string of the molecule is CC(C)CC(C)OC(=O)OC1=Nc2cc(OCCCCN3CCN(c4cccc(Cl)c4Cl)CC3)ccc2CC1. The average Bonchev–Trinajstić information content (AvgIpc) is 2.89. The second kappa shape index (κ2) is 14.2. The molecule has 0 aliphatic carbocycles. The smallest absolute Gasteiger partial charge is 0.494 e. The number of benzene rings is 2. The lowest BCUT2D eigenvalue weighted by Crippen LogP contribution is -2.46. The zero-order valence-corrected chi connectivity index (χ0v) is 24.6. The van der Waals surface area contributed by atoms with Crippen LogP contribution in [0.1, 0.15) is 52.0 Å². The summed E-state index contributed by atoms with van der Waals surface area (Å²) in [4.78, 5) is 21.5. The van der Waals surface area contributed by atoms with Crippen molar-refractivity contribution in [3.05, 3.63) is 52.0 Å². The molecule has 2 aliphatic heterocycles. The molecule has 1 atom stereocenters. The minimum absolute atomic E-state index is 0.188. The molecule has 2 aromatic carbocycles. The molecule has 2 aliphatic rings. The van der Waals surface area contributed by atoms with Crippen molar-refractivity contribution in [2.24, 2.45) is 10.9 Å². The number of anilines is 1. The van der Waals surface area contributed by atoms with Crippen molar-refractivity contribution >= 4 is 46.6 Å². The Morgan fingerprint density at radius 2 is 1.82 bits per heavy atom. The molecule has 0 N–H and O–H groups in total. The summed E-state index contributed by atoms with van der Waals surface area (Å²) in [5.41, 5.74) is 2.92. The maximum absolute atomic E-state index is 12.1. The van der Waals surface area contributed by atoms with Gasteiger partial charge in [0.1, 0.15) is 11.9 Å². The van der Waals surface area contributed by atoms with Gasteiger partial charge in [-0.2, -0.15) is 0 Å². The van der Waals surface area contributed by atoms with Crippen LogP contribution < -0.4 is 9.64 Å². The summed E-state index contributed by atoms with van der Waals surface area (Å²) in [7, 11) is 0. The number of aryl methyl sites for hydroxylation is 1. The first kappa shape index (κ1) is 29.5. The summed E-state index contributed by atoms with van der Waals surface area (Å²) in [6.45, 7) is 11.6. The van der Waals surface area contributed by atoms with Gasteiger partial charge in [0.05, 0.1) is 28.0 Å². The molecule has 0 bridgehead atoms. The Morgan fingerprint density at radius 3 is 2.59 bits per heavy atom. The molecule has 1 saturated heterocycles. The molecule has 1 unspecified atom stereocenters. The predicted octanol–water partition coefficient (Wildman–Crippen LogP) is 7.54. The molecule has 0 radical (unpaired) electrons. The Hall–Kier alpha value is -2.48. The molecule has 212 valence electrons. The molecule has 0 amide bonds. The Bertz CT molecular complexity index is 1150. The second-order valence-corrected chi connectivity index (χ2v) is 11.4. The standard InChI is InChI=1S/C30H39Cl2N3O4/c1-21(2)19-22(3)38-30(36)39-28-12-10-23-9-11-24(20-26(23)33-28)37-18-5-4-13-34-14-16-35(17-15-34)27-8-6-7-25(31)29(27)32/h6-9,11,20-22H,4-5,10,12-19H2,1-3H3. The van der Waals surface area contributed by atoms with Gasteiger partial charge in [-0.25, -0.2) is 9.79 Å². The van der Waals surface area contributed by atoms with Crippen molar-refractivity contribution in [3.63, 3.8) is 0 Å². The van der Waals surface area contributed by atoms with Gasteiger partial charge in [-0.1, -0.05) is 49.2 Å². The van der Waals surface area contributed by atoms with Gasteiger partial charge in [-0.05, 0) is 68.8 Å². The molecule has 0 spiro atoms. The molecule has 0 saturated carbocycles. The third-order valence-electron chi connectivity index (χ3n) is 6.99. The van der Waals surface area contributed by atoms with Crippen LogP contribution in [0, 0.1) is 5.92 Å². The van der Waals surface area contributed by atoms with E-state index >= 15 is 0 Å². The highest BCUT2D eigenvalue weighted by molar-refractivity contribution is 6.43. The molecule has 39 heavy (non-hydrogen) atoms. The number of fused-ring (bicyclic) bond motifs is 1. The second-order valence-electron chi connectivity index (χ2n) is 10.7. The van der Waals surface area contributed by atoms with Crippen molar-refractivity contribution < 1.29 is 19.0 Å². The summed E-state index contributed by atoms with van der Waals surface area (Å²) >= 11 is 12.6. The highest BCUT2D eigenvalue weighted by Gasteiger charge is 2.21. The van der Waals surface area contributed by atoms with Crippen molar-refractivity contribution in [1.29, 1.82) is 0 Å². The van der Waals surface area contributed by atoms with E-state index in [1.807, 2.05) is 43.3 Å². The van der Waals surface area contributed by atoms with Crippen molar-refractivity contribution in [2.75, 3.05) is 44.2 Å². The van der Waals surface area contributed by atoms with Crippen molar-refractivity contribution in [1.82, 2.24) is 4.90 Å². The van der Waals surface area contributed by atoms with E-state index in [1.165, 1.54) is 0 Å². The van der Waals surface area contributed by atoms with Gasteiger partial charge in [-0.15, -0.1) is 0 Å². The van der Waals surface area contributed by atoms with E-state index in [-0.39, 0.29) is 6.10 Å². The van der Waals surface area contributed by atoms with E-state index in [9.17, 15) is 4.79 Å². The van der Waals surface area contributed by atoms with E-state index in [2.05, 4.69) is 28.6 Å². The minimum atomic E-state index is -0.688. The molecule has 9 heteroatoms. The zero-order chi connectivity index (χ0) is 27.8. The minimum Gasteiger partial charge on any atom is -0.494 e. The first-order valence-corrected chi connectivity index (χ1v) is 14.7. The Balaban J connectivity index is 1.17. The number of rotatable bonds is 10. The number of carbonyl (C=O) groups excluding carboxylic acids is 1. The molecule has 7 nitrogen and oxygen atoms in total. The summed E-state index contributed by atoms with van der Waals surface area (Å²) in [5.74, 6) is 1.61. The number of hydrogen-bond donors (Lipinski definition) is 0. The first-order chi connectivity index (χ1) is 18.8. The van der Waals surface area contributed by atoms with Crippen LogP contribution in [0.3, 0.4) is 0 Å². The number of halogens is 2. The summed E-state index contributed by atoms with van der Waals surface area (Å²) in [6, 6.07) is 11.8. The van der Waals surface area contributed by atoms with Gasteiger partial charge in [0.25, 0.3) is 0 Å². The van der Waals surface area contributed by atoms with Gasteiger partial charge in [0, 0.05) is 38.7 Å².